The lowest BCUT2D eigenvalue weighted by Gasteiger charge is -2.13. The molecular formula is C11H17N3O2. The summed E-state index contributed by atoms with van der Waals surface area (Å²) in [6.45, 7) is 4.19. The van der Waals surface area contributed by atoms with Crippen LogP contribution in [0.15, 0.2) is 12.4 Å². The van der Waals surface area contributed by atoms with Crippen LogP contribution in [0.5, 0.6) is 0 Å². The summed E-state index contributed by atoms with van der Waals surface area (Å²) in [4.78, 5) is 19.3. The van der Waals surface area contributed by atoms with E-state index >= 15 is 0 Å². The van der Waals surface area contributed by atoms with Crippen LogP contribution in [0.3, 0.4) is 0 Å². The van der Waals surface area contributed by atoms with Gasteiger partial charge in [-0.15, -0.1) is 0 Å². The number of nitrogens with one attached hydrogen (secondary N) is 1. The van der Waals surface area contributed by atoms with Crippen LogP contribution in [-0.2, 0) is 4.74 Å². The Hall–Kier alpha value is -1.65. The van der Waals surface area contributed by atoms with E-state index < -0.39 is 5.97 Å². The number of esters is 1. The maximum atomic E-state index is 11.2. The highest BCUT2D eigenvalue weighted by atomic mass is 16.5. The standard InChI is InChI=1S/C11H17N3O2/c1-4-5-8(2)13-10-7-12-6-9(14-10)11(15)16-3/h6-8H,4-5H2,1-3H3,(H,13,14). The van der Waals surface area contributed by atoms with Gasteiger partial charge in [-0.25, -0.2) is 9.78 Å². The molecular weight excluding hydrogens is 206 g/mol. The summed E-state index contributed by atoms with van der Waals surface area (Å²) < 4.78 is 4.57. The van der Waals surface area contributed by atoms with Crippen LogP contribution in [0.1, 0.15) is 37.2 Å². The lowest BCUT2D eigenvalue weighted by atomic mass is 10.2. The minimum atomic E-state index is -0.473. The number of nitrogens with zero attached hydrogens (tertiary/aromatic N) is 2. The maximum Gasteiger partial charge on any atom is 0.358 e. The van der Waals surface area contributed by atoms with Crippen molar-refractivity contribution in [3.05, 3.63) is 18.1 Å². The molecule has 0 amide bonds. The number of rotatable bonds is 5. The first-order valence-corrected chi connectivity index (χ1v) is 5.34. The highest BCUT2D eigenvalue weighted by molar-refractivity contribution is 5.87. The van der Waals surface area contributed by atoms with Gasteiger partial charge in [0.25, 0.3) is 0 Å². The zero-order valence-electron chi connectivity index (χ0n) is 9.86. The molecule has 5 heteroatoms. The normalized spacial score (nSPS) is 11.9. The summed E-state index contributed by atoms with van der Waals surface area (Å²) in [5.74, 6) is 0.128. The molecule has 0 aliphatic heterocycles. The minimum absolute atomic E-state index is 0.219. The Kier molecular flexibility index (Phi) is 4.69. The molecule has 5 nitrogen and oxygen atoms in total. The lowest BCUT2D eigenvalue weighted by molar-refractivity contribution is 0.0593. The van der Waals surface area contributed by atoms with E-state index in [1.54, 1.807) is 6.20 Å². The number of aromatic nitrogens is 2. The van der Waals surface area contributed by atoms with Gasteiger partial charge in [-0.2, -0.15) is 0 Å². The van der Waals surface area contributed by atoms with Crippen molar-refractivity contribution < 1.29 is 9.53 Å². The first-order valence-electron chi connectivity index (χ1n) is 5.34. The molecule has 1 aromatic heterocycles. The maximum absolute atomic E-state index is 11.2. The Balaban J connectivity index is 2.70. The molecule has 88 valence electrons. The molecule has 16 heavy (non-hydrogen) atoms. The molecule has 0 bridgehead atoms. The summed E-state index contributed by atoms with van der Waals surface area (Å²) in [7, 11) is 1.32. The number of methoxy groups -OCH3 is 1. The van der Waals surface area contributed by atoms with Crippen LogP contribution >= 0.6 is 0 Å². The number of ether oxygens (including phenoxy) is 1. The number of anilines is 1. The second-order valence-corrected chi connectivity index (χ2v) is 3.62. The summed E-state index contributed by atoms with van der Waals surface area (Å²) in [5.41, 5.74) is 0.219. The van der Waals surface area contributed by atoms with Crippen molar-refractivity contribution in [3.63, 3.8) is 0 Å². The van der Waals surface area contributed by atoms with Crippen LogP contribution in [0.2, 0.25) is 0 Å². The van der Waals surface area contributed by atoms with E-state index in [9.17, 15) is 4.79 Å². The first kappa shape index (κ1) is 12.4. The molecule has 1 unspecified atom stereocenters. The average Bonchev–Trinajstić information content (AvgIpc) is 2.28. The van der Waals surface area contributed by atoms with Gasteiger partial charge in [-0.3, -0.25) is 4.98 Å². The SMILES string of the molecule is CCCC(C)Nc1cncc(C(=O)OC)n1. The minimum Gasteiger partial charge on any atom is -0.464 e. The first-order chi connectivity index (χ1) is 7.67. The van der Waals surface area contributed by atoms with Gasteiger partial charge in [0.15, 0.2) is 5.69 Å². The highest BCUT2D eigenvalue weighted by Gasteiger charge is 2.09. The van der Waals surface area contributed by atoms with Crippen LogP contribution in [0.4, 0.5) is 5.82 Å². The van der Waals surface area contributed by atoms with Crippen molar-refractivity contribution in [2.24, 2.45) is 0 Å². The third-order valence-electron chi connectivity index (χ3n) is 2.15. The van der Waals surface area contributed by atoms with Crippen molar-refractivity contribution in [1.82, 2.24) is 9.97 Å². The van der Waals surface area contributed by atoms with Gasteiger partial charge in [0.1, 0.15) is 5.82 Å². The molecule has 1 rings (SSSR count). The quantitative estimate of drug-likeness (QED) is 0.772. The summed E-state index contributed by atoms with van der Waals surface area (Å²) in [5, 5.41) is 3.18. The summed E-state index contributed by atoms with van der Waals surface area (Å²) in [6.07, 6.45) is 5.13. The number of carbonyl (C=O) groups is 1. The third-order valence-corrected chi connectivity index (χ3v) is 2.15. The molecule has 0 saturated carbocycles. The number of carbonyl (C=O) groups excluding carboxylic acids is 1. The largest absolute Gasteiger partial charge is 0.464 e. The second-order valence-electron chi connectivity index (χ2n) is 3.62. The fourth-order valence-electron chi connectivity index (χ4n) is 1.40. The van der Waals surface area contributed by atoms with E-state index in [4.69, 9.17) is 0 Å². The molecule has 0 aromatic carbocycles. The molecule has 0 spiro atoms. The zero-order valence-corrected chi connectivity index (χ0v) is 9.86. The molecule has 1 atom stereocenters. The Labute approximate surface area is 95.3 Å². The van der Waals surface area contributed by atoms with E-state index in [0.717, 1.165) is 12.8 Å². The van der Waals surface area contributed by atoms with Gasteiger partial charge in [-0.05, 0) is 13.3 Å². The Morgan fingerprint density at radius 3 is 2.94 bits per heavy atom. The predicted octanol–water partition coefficient (Wildman–Crippen LogP) is 1.86. The molecule has 0 saturated heterocycles. The lowest BCUT2D eigenvalue weighted by Crippen LogP contribution is -2.17. The van der Waals surface area contributed by atoms with E-state index in [0.29, 0.717) is 11.9 Å². The van der Waals surface area contributed by atoms with Crippen molar-refractivity contribution in [3.8, 4) is 0 Å². The molecule has 1 heterocycles. The van der Waals surface area contributed by atoms with Crippen molar-refractivity contribution in [2.45, 2.75) is 32.7 Å². The van der Waals surface area contributed by atoms with Gasteiger partial charge < -0.3 is 10.1 Å². The summed E-state index contributed by atoms with van der Waals surface area (Å²) >= 11 is 0. The fourth-order valence-corrected chi connectivity index (χ4v) is 1.40. The average molecular weight is 223 g/mol. The topological polar surface area (TPSA) is 64.1 Å². The van der Waals surface area contributed by atoms with Crippen LogP contribution < -0.4 is 5.32 Å². The fraction of sp³-hybridized carbons (Fsp3) is 0.545. The molecule has 1 aromatic rings. The van der Waals surface area contributed by atoms with Crippen molar-refractivity contribution in [2.75, 3.05) is 12.4 Å². The molecule has 1 N–H and O–H groups in total. The van der Waals surface area contributed by atoms with E-state index in [1.807, 2.05) is 0 Å². The van der Waals surface area contributed by atoms with E-state index in [1.165, 1.54) is 13.3 Å². The zero-order chi connectivity index (χ0) is 12.0. The van der Waals surface area contributed by atoms with E-state index in [2.05, 4.69) is 33.9 Å². The highest BCUT2D eigenvalue weighted by Crippen LogP contribution is 2.07. The molecule has 0 aliphatic carbocycles. The third kappa shape index (κ3) is 3.49. The van der Waals surface area contributed by atoms with Gasteiger partial charge in [-0.1, -0.05) is 13.3 Å². The monoisotopic (exact) mass is 223 g/mol. The summed E-state index contributed by atoms with van der Waals surface area (Å²) in [6, 6.07) is 0.312. The number of hydrogen-bond donors (Lipinski definition) is 1. The van der Waals surface area contributed by atoms with Crippen molar-refractivity contribution in [1.29, 1.82) is 0 Å². The van der Waals surface area contributed by atoms with Gasteiger partial charge >= 0.3 is 5.97 Å². The van der Waals surface area contributed by atoms with Crippen molar-refractivity contribution >= 4 is 11.8 Å². The van der Waals surface area contributed by atoms with Crippen LogP contribution in [-0.4, -0.2) is 29.1 Å². The molecule has 0 fully saturated rings. The molecule has 0 radical (unpaired) electrons. The Morgan fingerprint density at radius 1 is 1.56 bits per heavy atom. The van der Waals surface area contributed by atoms with Gasteiger partial charge in [0.2, 0.25) is 0 Å². The van der Waals surface area contributed by atoms with Crippen LogP contribution in [0, 0.1) is 0 Å². The smallest absolute Gasteiger partial charge is 0.358 e. The predicted molar refractivity (Wildman–Crippen MR) is 61.4 cm³/mol. The van der Waals surface area contributed by atoms with E-state index in [-0.39, 0.29) is 5.69 Å². The second kappa shape index (κ2) is 6.05. The van der Waals surface area contributed by atoms with Crippen LogP contribution in [0.25, 0.3) is 0 Å². The van der Waals surface area contributed by atoms with Gasteiger partial charge in [0.05, 0.1) is 19.5 Å². The van der Waals surface area contributed by atoms with Gasteiger partial charge in [0, 0.05) is 6.04 Å². The Morgan fingerprint density at radius 2 is 2.31 bits per heavy atom. The molecule has 0 aliphatic rings. The Bertz CT molecular complexity index is 355. The number of hydrogen-bond acceptors (Lipinski definition) is 5.